The first-order chi connectivity index (χ1) is 10.3. The zero-order chi connectivity index (χ0) is 14.7. The van der Waals surface area contributed by atoms with Gasteiger partial charge in [0.1, 0.15) is 17.6 Å². The number of hydrogen-bond acceptors (Lipinski definition) is 4. The van der Waals surface area contributed by atoms with Crippen LogP contribution in [0.25, 0.3) is 0 Å². The second kappa shape index (κ2) is 6.13. The van der Waals surface area contributed by atoms with Gasteiger partial charge in [0.05, 0.1) is 0 Å². The molecule has 0 radical (unpaired) electrons. The molecule has 0 atom stereocenters. The summed E-state index contributed by atoms with van der Waals surface area (Å²) in [5.41, 5.74) is 0.444. The molecule has 1 saturated heterocycles. The third-order valence-corrected chi connectivity index (χ3v) is 4.43. The van der Waals surface area contributed by atoms with Crippen LogP contribution in [0.1, 0.15) is 31.4 Å². The van der Waals surface area contributed by atoms with Crippen molar-refractivity contribution in [2.45, 2.75) is 25.7 Å². The maximum absolute atomic E-state index is 12.3. The van der Waals surface area contributed by atoms with Crippen LogP contribution < -0.4 is 4.90 Å². The van der Waals surface area contributed by atoms with Crippen molar-refractivity contribution in [1.82, 2.24) is 9.88 Å². The molecule has 1 aliphatic heterocycles. The Morgan fingerprint density at radius 1 is 1.19 bits per heavy atom. The quantitative estimate of drug-likeness (QED) is 0.830. The van der Waals surface area contributed by atoms with Crippen molar-refractivity contribution in [1.29, 1.82) is 5.26 Å². The van der Waals surface area contributed by atoms with E-state index in [4.69, 9.17) is 5.26 Å². The molecule has 1 saturated carbocycles. The van der Waals surface area contributed by atoms with E-state index in [2.05, 4.69) is 16.0 Å². The van der Waals surface area contributed by atoms with E-state index >= 15 is 0 Å². The van der Waals surface area contributed by atoms with Gasteiger partial charge >= 0.3 is 0 Å². The smallest absolute Gasteiger partial charge is 0.225 e. The highest BCUT2D eigenvalue weighted by Crippen LogP contribution is 2.28. The van der Waals surface area contributed by atoms with Crippen LogP contribution in [0.2, 0.25) is 0 Å². The van der Waals surface area contributed by atoms with Crippen molar-refractivity contribution in [2.75, 3.05) is 31.1 Å². The van der Waals surface area contributed by atoms with Gasteiger partial charge in [-0.3, -0.25) is 4.79 Å². The molecule has 1 aromatic rings. The Labute approximate surface area is 125 Å². The minimum Gasteiger partial charge on any atom is -0.355 e. The lowest BCUT2D eigenvalue weighted by molar-refractivity contribution is -0.137. The number of hydrogen-bond donors (Lipinski definition) is 0. The topological polar surface area (TPSA) is 60.2 Å². The lowest BCUT2D eigenvalue weighted by Crippen LogP contribution is -2.41. The van der Waals surface area contributed by atoms with Crippen molar-refractivity contribution in [3.05, 3.63) is 23.9 Å². The van der Waals surface area contributed by atoms with Gasteiger partial charge in [-0.1, -0.05) is 12.5 Å². The van der Waals surface area contributed by atoms with E-state index in [1.165, 1.54) is 6.42 Å². The summed E-state index contributed by atoms with van der Waals surface area (Å²) in [6.45, 7) is 3.27. The molecule has 1 aromatic heterocycles. The van der Waals surface area contributed by atoms with E-state index in [1.807, 2.05) is 17.0 Å². The summed E-state index contributed by atoms with van der Waals surface area (Å²) in [5, 5.41) is 8.94. The summed E-state index contributed by atoms with van der Waals surface area (Å²) in [6, 6.07) is 7.59. The molecule has 1 amide bonds. The van der Waals surface area contributed by atoms with Crippen molar-refractivity contribution < 1.29 is 4.79 Å². The number of aromatic nitrogens is 1. The maximum atomic E-state index is 12.3. The van der Waals surface area contributed by atoms with E-state index < -0.39 is 0 Å². The molecule has 110 valence electrons. The molecule has 5 heteroatoms. The Balaban J connectivity index is 1.65. The van der Waals surface area contributed by atoms with Crippen LogP contribution in [-0.2, 0) is 4.79 Å². The lowest BCUT2D eigenvalue weighted by Gasteiger charge is -2.31. The maximum Gasteiger partial charge on any atom is 0.225 e. The molecule has 0 aromatic carbocycles. The molecule has 5 nitrogen and oxygen atoms in total. The molecule has 2 aliphatic rings. The van der Waals surface area contributed by atoms with Crippen LogP contribution in [-0.4, -0.2) is 42.0 Å². The molecular formula is C16H20N4O. The zero-order valence-corrected chi connectivity index (χ0v) is 12.2. The van der Waals surface area contributed by atoms with Crippen LogP contribution in [0.4, 0.5) is 5.82 Å². The fraction of sp³-hybridized carbons (Fsp3) is 0.562. The second-order valence-electron chi connectivity index (χ2n) is 5.79. The van der Waals surface area contributed by atoms with Crippen LogP contribution in [0.15, 0.2) is 18.2 Å². The molecule has 2 fully saturated rings. The lowest BCUT2D eigenvalue weighted by atomic mass is 9.84. The average Bonchev–Trinajstić information content (AvgIpc) is 2.71. The normalized spacial score (nSPS) is 19.6. The number of nitriles is 1. The highest BCUT2D eigenvalue weighted by Gasteiger charge is 2.30. The van der Waals surface area contributed by atoms with Gasteiger partial charge in [0.15, 0.2) is 0 Å². The molecule has 21 heavy (non-hydrogen) atoms. The first kappa shape index (κ1) is 13.9. The number of amides is 1. The largest absolute Gasteiger partial charge is 0.355 e. The van der Waals surface area contributed by atoms with E-state index in [1.54, 1.807) is 6.07 Å². The predicted octanol–water partition coefficient (Wildman–Crippen LogP) is 1.79. The summed E-state index contributed by atoms with van der Waals surface area (Å²) in [4.78, 5) is 20.9. The number of pyridine rings is 1. The molecule has 0 spiro atoms. The average molecular weight is 284 g/mol. The van der Waals surface area contributed by atoms with E-state index in [0.29, 0.717) is 11.6 Å². The second-order valence-corrected chi connectivity index (χ2v) is 5.79. The van der Waals surface area contributed by atoms with Crippen molar-refractivity contribution >= 4 is 11.7 Å². The van der Waals surface area contributed by atoms with Crippen molar-refractivity contribution in [2.24, 2.45) is 5.92 Å². The van der Waals surface area contributed by atoms with Crippen LogP contribution >= 0.6 is 0 Å². The van der Waals surface area contributed by atoms with Crippen LogP contribution in [0.5, 0.6) is 0 Å². The summed E-state index contributed by atoms with van der Waals surface area (Å²) in [5.74, 6) is 1.45. The monoisotopic (exact) mass is 284 g/mol. The molecule has 2 heterocycles. The third-order valence-electron chi connectivity index (χ3n) is 4.43. The SMILES string of the molecule is N#Cc1cccc(N2CCCN(C(=O)C3CCC3)CC2)n1. The Hall–Kier alpha value is -2.09. The zero-order valence-electron chi connectivity index (χ0n) is 12.2. The van der Waals surface area contributed by atoms with Crippen LogP contribution in [0.3, 0.4) is 0 Å². The van der Waals surface area contributed by atoms with Gasteiger partial charge in [0, 0.05) is 32.1 Å². The molecule has 0 N–H and O–H groups in total. The molecule has 0 unspecified atom stereocenters. The first-order valence-corrected chi connectivity index (χ1v) is 7.69. The Kier molecular flexibility index (Phi) is 4.05. The van der Waals surface area contributed by atoms with Gasteiger partial charge in [-0.05, 0) is 31.4 Å². The number of carbonyl (C=O) groups excluding carboxylic acids is 1. The minimum absolute atomic E-state index is 0.275. The summed E-state index contributed by atoms with van der Waals surface area (Å²) in [6.07, 6.45) is 4.27. The van der Waals surface area contributed by atoms with Crippen molar-refractivity contribution in [3.63, 3.8) is 0 Å². The fourth-order valence-corrected chi connectivity index (χ4v) is 2.94. The fourth-order valence-electron chi connectivity index (χ4n) is 2.94. The van der Waals surface area contributed by atoms with Gasteiger partial charge < -0.3 is 9.80 Å². The van der Waals surface area contributed by atoms with Crippen molar-refractivity contribution in [3.8, 4) is 6.07 Å². The van der Waals surface area contributed by atoms with Gasteiger partial charge in [-0.25, -0.2) is 4.98 Å². The molecule has 3 rings (SSSR count). The van der Waals surface area contributed by atoms with Gasteiger partial charge in [0.25, 0.3) is 0 Å². The summed E-state index contributed by atoms with van der Waals surface area (Å²) in [7, 11) is 0. The van der Waals surface area contributed by atoms with E-state index in [0.717, 1.165) is 51.3 Å². The summed E-state index contributed by atoms with van der Waals surface area (Å²) >= 11 is 0. The standard InChI is InChI=1S/C16H20N4O/c17-12-14-6-2-7-15(18-14)19-8-3-9-20(11-10-19)16(21)13-4-1-5-13/h2,6-7,13H,1,3-5,8-11H2. The highest BCUT2D eigenvalue weighted by atomic mass is 16.2. The number of nitrogens with zero attached hydrogens (tertiary/aromatic N) is 4. The molecule has 0 bridgehead atoms. The molecule has 1 aliphatic carbocycles. The number of anilines is 1. The predicted molar refractivity (Wildman–Crippen MR) is 79.7 cm³/mol. The van der Waals surface area contributed by atoms with E-state index in [-0.39, 0.29) is 5.92 Å². The highest BCUT2D eigenvalue weighted by molar-refractivity contribution is 5.79. The minimum atomic E-state index is 0.275. The van der Waals surface area contributed by atoms with Gasteiger partial charge in [-0.15, -0.1) is 0 Å². The first-order valence-electron chi connectivity index (χ1n) is 7.69. The Morgan fingerprint density at radius 3 is 2.76 bits per heavy atom. The number of rotatable bonds is 2. The third kappa shape index (κ3) is 2.99. The Morgan fingerprint density at radius 2 is 2.05 bits per heavy atom. The summed E-state index contributed by atoms with van der Waals surface area (Å²) < 4.78 is 0. The van der Waals surface area contributed by atoms with Gasteiger partial charge in [-0.2, -0.15) is 5.26 Å². The van der Waals surface area contributed by atoms with E-state index in [9.17, 15) is 4.79 Å². The number of carbonyl (C=O) groups is 1. The van der Waals surface area contributed by atoms with Gasteiger partial charge in [0.2, 0.25) is 5.91 Å². The molecular weight excluding hydrogens is 264 g/mol. The van der Waals surface area contributed by atoms with Crippen LogP contribution in [0, 0.1) is 17.2 Å². The Bertz CT molecular complexity index is 562.